The van der Waals surface area contributed by atoms with E-state index in [1.54, 1.807) is 4.90 Å². The number of amides is 1. The first-order chi connectivity index (χ1) is 12.7. The number of halogens is 1. The molecule has 0 unspecified atom stereocenters. The van der Waals surface area contributed by atoms with Crippen LogP contribution in [-0.4, -0.2) is 10.9 Å². The summed E-state index contributed by atoms with van der Waals surface area (Å²) in [5, 5.41) is 0.711. The number of thiazole rings is 1. The maximum atomic E-state index is 13.2. The van der Waals surface area contributed by atoms with Crippen molar-refractivity contribution in [3.63, 3.8) is 0 Å². The number of fused-ring (bicyclic) bond motifs is 1. The van der Waals surface area contributed by atoms with E-state index in [2.05, 4.69) is 20.9 Å². The van der Waals surface area contributed by atoms with Crippen LogP contribution in [0, 0.1) is 0 Å². The first kappa shape index (κ1) is 16.9. The van der Waals surface area contributed by atoms with E-state index in [1.807, 2.05) is 78.9 Å². The van der Waals surface area contributed by atoms with E-state index in [-0.39, 0.29) is 5.91 Å². The second kappa shape index (κ2) is 7.40. The third-order valence-electron chi connectivity index (χ3n) is 4.03. The molecule has 0 bridgehead atoms. The maximum absolute atomic E-state index is 13.2. The molecular weight excluding hydrogens is 408 g/mol. The van der Waals surface area contributed by atoms with Crippen molar-refractivity contribution in [2.45, 2.75) is 6.54 Å². The van der Waals surface area contributed by atoms with Gasteiger partial charge in [0.25, 0.3) is 5.91 Å². The highest BCUT2D eigenvalue weighted by Crippen LogP contribution is 2.30. The normalized spacial score (nSPS) is 10.8. The Morgan fingerprint density at radius 1 is 0.923 bits per heavy atom. The molecule has 3 aromatic carbocycles. The molecule has 4 rings (SSSR count). The molecule has 128 valence electrons. The molecule has 26 heavy (non-hydrogen) atoms. The Morgan fingerprint density at radius 2 is 1.62 bits per heavy atom. The van der Waals surface area contributed by atoms with Gasteiger partial charge >= 0.3 is 0 Å². The molecule has 1 aromatic heterocycles. The highest BCUT2D eigenvalue weighted by molar-refractivity contribution is 9.10. The number of anilines is 1. The summed E-state index contributed by atoms with van der Waals surface area (Å²) >= 11 is 4.95. The minimum Gasteiger partial charge on any atom is -0.279 e. The number of benzene rings is 3. The van der Waals surface area contributed by atoms with Crippen LogP contribution in [0.25, 0.3) is 10.2 Å². The third-order valence-corrected chi connectivity index (χ3v) is 5.62. The lowest BCUT2D eigenvalue weighted by molar-refractivity contribution is 0.0985. The van der Waals surface area contributed by atoms with E-state index < -0.39 is 0 Å². The number of hydrogen-bond donors (Lipinski definition) is 0. The number of nitrogens with zero attached hydrogens (tertiary/aromatic N) is 2. The molecule has 0 aliphatic rings. The van der Waals surface area contributed by atoms with E-state index in [1.165, 1.54) is 11.3 Å². The zero-order valence-electron chi connectivity index (χ0n) is 13.8. The first-order valence-corrected chi connectivity index (χ1v) is 9.78. The van der Waals surface area contributed by atoms with Crippen LogP contribution in [0.1, 0.15) is 15.9 Å². The summed E-state index contributed by atoms with van der Waals surface area (Å²) in [5.74, 6) is -0.0552. The molecule has 0 aliphatic heterocycles. The molecule has 0 spiro atoms. The lowest BCUT2D eigenvalue weighted by atomic mass is 10.1. The minimum atomic E-state index is -0.0552. The summed E-state index contributed by atoms with van der Waals surface area (Å²) in [5.41, 5.74) is 2.62. The van der Waals surface area contributed by atoms with E-state index >= 15 is 0 Å². The summed E-state index contributed by atoms with van der Waals surface area (Å²) in [6, 6.07) is 25.4. The number of aromatic nitrogens is 1. The van der Waals surface area contributed by atoms with Crippen molar-refractivity contribution in [3.05, 3.63) is 94.5 Å². The summed E-state index contributed by atoms with van der Waals surface area (Å²) in [6.07, 6.45) is 0. The van der Waals surface area contributed by atoms with Gasteiger partial charge in [-0.2, -0.15) is 0 Å². The van der Waals surface area contributed by atoms with Gasteiger partial charge in [0.05, 0.1) is 16.8 Å². The van der Waals surface area contributed by atoms with Crippen LogP contribution in [-0.2, 0) is 6.54 Å². The Morgan fingerprint density at radius 3 is 2.35 bits per heavy atom. The van der Waals surface area contributed by atoms with Crippen molar-refractivity contribution < 1.29 is 4.79 Å². The summed E-state index contributed by atoms with van der Waals surface area (Å²) in [4.78, 5) is 19.7. The molecule has 1 amide bonds. The molecule has 1 heterocycles. The topological polar surface area (TPSA) is 33.2 Å². The molecule has 0 radical (unpaired) electrons. The van der Waals surface area contributed by atoms with Gasteiger partial charge in [-0.3, -0.25) is 9.69 Å². The molecule has 4 aromatic rings. The van der Waals surface area contributed by atoms with Gasteiger partial charge in [0.2, 0.25) is 0 Å². The van der Waals surface area contributed by atoms with E-state index in [0.29, 0.717) is 17.2 Å². The Bertz CT molecular complexity index is 1010. The second-order valence-electron chi connectivity index (χ2n) is 5.85. The zero-order valence-corrected chi connectivity index (χ0v) is 16.2. The van der Waals surface area contributed by atoms with Crippen LogP contribution in [0.5, 0.6) is 0 Å². The van der Waals surface area contributed by atoms with Crippen LogP contribution in [0.3, 0.4) is 0 Å². The van der Waals surface area contributed by atoms with Crippen molar-refractivity contribution in [2.24, 2.45) is 0 Å². The fourth-order valence-corrected chi connectivity index (χ4v) is 3.94. The molecule has 0 saturated heterocycles. The SMILES string of the molecule is O=C(c1ccc(Br)cc1)N(Cc1ccccc1)c1nc2ccccc2s1. The van der Waals surface area contributed by atoms with Crippen LogP contribution in [0.4, 0.5) is 5.13 Å². The average Bonchev–Trinajstić information content (AvgIpc) is 3.11. The number of carbonyl (C=O) groups is 1. The predicted molar refractivity (Wildman–Crippen MR) is 111 cm³/mol. The lowest BCUT2D eigenvalue weighted by Crippen LogP contribution is -2.30. The maximum Gasteiger partial charge on any atom is 0.260 e. The number of rotatable bonds is 4. The number of carbonyl (C=O) groups excluding carboxylic acids is 1. The van der Waals surface area contributed by atoms with E-state index in [4.69, 9.17) is 0 Å². The number of hydrogen-bond acceptors (Lipinski definition) is 3. The second-order valence-corrected chi connectivity index (χ2v) is 7.77. The average molecular weight is 423 g/mol. The third kappa shape index (κ3) is 3.54. The number of para-hydroxylation sites is 1. The fourth-order valence-electron chi connectivity index (χ4n) is 2.72. The van der Waals surface area contributed by atoms with Crippen molar-refractivity contribution in [1.82, 2.24) is 4.98 Å². The lowest BCUT2D eigenvalue weighted by Gasteiger charge is -2.20. The van der Waals surface area contributed by atoms with Gasteiger partial charge in [-0.05, 0) is 42.0 Å². The molecule has 0 saturated carbocycles. The van der Waals surface area contributed by atoms with E-state index in [0.717, 1.165) is 20.3 Å². The van der Waals surface area contributed by atoms with Crippen LogP contribution >= 0.6 is 27.3 Å². The first-order valence-electron chi connectivity index (χ1n) is 8.17. The molecule has 5 heteroatoms. The Hall–Kier alpha value is -2.50. The molecule has 0 aliphatic carbocycles. The highest BCUT2D eigenvalue weighted by atomic mass is 79.9. The van der Waals surface area contributed by atoms with Gasteiger partial charge in [0.15, 0.2) is 5.13 Å². The summed E-state index contributed by atoms with van der Waals surface area (Å²) in [6.45, 7) is 0.482. The van der Waals surface area contributed by atoms with E-state index in [9.17, 15) is 4.79 Å². The van der Waals surface area contributed by atoms with Gasteiger partial charge in [-0.15, -0.1) is 0 Å². The van der Waals surface area contributed by atoms with Gasteiger partial charge in [0, 0.05) is 10.0 Å². The minimum absolute atomic E-state index is 0.0552. The molecule has 0 N–H and O–H groups in total. The van der Waals surface area contributed by atoms with Gasteiger partial charge < -0.3 is 0 Å². The van der Waals surface area contributed by atoms with Crippen molar-refractivity contribution in [3.8, 4) is 0 Å². The van der Waals surface area contributed by atoms with Crippen molar-refractivity contribution >= 4 is 48.5 Å². The summed E-state index contributed by atoms with van der Waals surface area (Å²) < 4.78 is 2.02. The van der Waals surface area contributed by atoms with Crippen LogP contribution < -0.4 is 4.90 Å². The van der Waals surface area contributed by atoms with Crippen molar-refractivity contribution in [2.75, 3.05) is 4.90 Å². The highest BCUT2D eigenvalue weighted by Gasteiger charge is 2.21. The van der Waals surface area contributed by atoms with Gasteiger partial charge in [-0.25, -0.2) is 4.98 Å². The quantitative estimate of drug-likeness (QED) is 0.409. The Labute approximate surface area is 164 Å². The van der Waals surface area contributed by atoms with Gasteiger partial charge in [0.1, 0.15) is 0 Å². The Kier molecular flexibility index (Phi) is 4.82. The standard InChI is InChI=1S/C21H15BrN2OS/c22-17-12-10-16(11-13-17)20(25)24(14-15-6-2-1-3-7-15)21-23-18-8-4-5-9-19(18)26-21/h1-13H,14H2. The molecule has 3 nitrogen and oxygen atoms in total. The molecule has 0 atom stereocenters. The molecule has 0 fully saturated rings. The largest absolute Gasteiger partial charge is 0.279 e. The summed E-state index contributed by atoms with van der Waals surface area (Å²) in [7, 11) is 0. The fraction of sp³-hybridized carbons (Fsp3) is 0.0476. The predicted octanol–water partition coefficient (Wildman–Crippen LogP) is 5.91. The van der Waals surface area contributed by atoms with Gasteiger partial charge in [-0.1, -0.05) is 69.7 Å². The van der Waals surface area contributed by atoms with Crippen LogP contribution in [0.2, 0.25) is 0 Å². The van der Waals surface area contributed by atoms with Crippen LogP contribution in [0.15, 0.2) is 83.3 Å². The monoisotopic (exact) mass is 422 g/mol. The zero-order chi connectivity index (χ0) is 17.9. The van der Waals surface area contributed by atoms with Crippen molar-refractivity contribution in [1.29, 1.82) is 0 Å². The Balaban J connectivity index is 1.75. The molecular formula is C21H15BrN2OS. The smallest absolute Gasteiger partial charge is 0.260 e.